The van der Waals surface area contributed by atoms with E-state index >= 15 is 0 Å². The molecule has 20 heavy (non-hydrogen) atoms. The zero-order chi connectivity index (χ0) is 14.1. The van der Waals surface area contributed by atoms with Gasteiger partial charge in [-0.1, -0.05) is 29.8 Å². The van der Waals surface area contributed by atoms with Crippen molar-refractivity contribution in [3.8, 4) is 0 Å². The number of nitrogens with one attached hydrogen (secondary N) is 3. The number of hydrogen-bond acceptors (Lipinski definition) is 3. The van der Waals surface area contributed by atoms with Gasteiger partial charge in [0, 0.05) is 16.1 Å². The molecular weight excluding hydrogens is 314 g/mol. The maximum absolute atomic E-state index is 12.1. The highest BCUT2D eigenvalue weighted by Gasteiger charge is 2.22. The molecule has 0 aliphatic heterocycles. The highest BCUT2D eigenvalue weighted by molar-refractivity contribution is 7.80. The highest BCUT2D eigenvalue weighted by Crippen LogP contribution is 2.34. The summed E-state index contributed by atoms with van der Waals surface area (Å²) in [5.74, 6) is -0.281. The van der Waals surface area contributed by atoms with Gasteiger partial charge in [0.1, 0.15) is 4.88 Å². The van der Waals surface area contributed by atoms with Crippen LogP contribution in [0.4, 0.5) is 0 Å². The van der Waals surface area contributed by atoms with E-state index in [0.717, 1.165) is 22.9 Å². The van der Waals surface area contributed by atoms with E-state index in [1.807, 2.05) is 24.3 Å². The summed E-state index contributed by atoms with van der Waals surface area (Å²) in [7, 11) is 0. The van der Waals surface area contributed by atoms with Crippen molar-refractivity contribution in [2.24, 2.45) is 0 Å². The predicted molar refractivity (Wildman–Crippen MR) is 86.2 cm³/mol. The summed E-state index contributed by atoms with van der Waals surface area (Å²) < 4.78 is 0.987. The smallest absolute Gasteiger partial charge is 0.281 e. The summed E-state index contributed by atoms with van der Waals surface area (Å²) in [4.78, 5) is 12.6. The molecule has 1 saturated carbocycles. The van der Waals surface area contributed by atoms with Crippen molar-refractivity contribution in [3.63, 3.8) is 0 Å². The lowest BCUT2D eigenvalue weighted by molar-refractivity contribution is 0.0948. The predicted octanol–water partition coefficient (Wildman–Crippen LogP) is 2.83. The third kappa shape index (κ3) is 2.87. The van der Waals surface area contributed by atoms with Gasteiger partial charge >= 0.3 is 0 Å². The quantitative estimate of drug-likeness (QED) is 0.587. The van der Waals surface area contributed by atoms with E-state index < -0.39 is 0 Å². The van der Waals surface area contributed by atoms with Crippen molar-refractivity contribution in [2.75, 3.05) is 0 Å². The van der Waals surface area contributed by atoms with Crippen LogP contribution in [0.1, 0.15) is 22.5 Å². The van der Waals surface area contributed by atoms with Gasteiger partial charge in [0.05, 0.1) is 5.02 Å². The topological polar surface area (TPSA) is 53.2 Å². The van der Waals surface area contributed by atoms with Crippen molar-refractivity contribution in [3.05, 3.63) is 34.2 Å². The Bertz CT molecular complexity index is 681. The second-order valence-electron chi connectivity index (χ2n) is 4.57. The van der Waals surface area contributed by atoms with Crippen LogP contribution in [0.2, 0.25) is 5.02 Å². The van der Waals surface area contributed by atoms with E-state index in [1.54, 1.807) is 0 Å². The van der Waals surface area contributed by atoms with Crippen LogP contribution in [0.15, 0.2) is 24.3 Å². The van der Waals surface area contributed by atoms with Gasteiger partial charge in [-0.25, -0.2) is 0 Å². The molecular formula is C13H12ClN3OS2. The van der Waals surface area contributed by atoms with E-state index in [-0.39, 0.29) is 5.91 Å². The van der Waals surface area contributed by atoms with Crippen molar-refractivity contribution < 1.29 is 4.79 Å². The summed E-state index contributed by atoms with van der Waals surface area (Å²) in [6.07, 6.45) is 2.25. The molecule has 0 saturated heterocycles. The molecule has 0 radical (unpaired) electrons. The Labute approximate surface area is 130 Å². The monoisotopic (exact) mass is 325 g/mol. The molecule has 4 nitrogen and oxygen atoms in total. The first kappa shape index (κ1) is 13.6. The lowest BCUT2D eigenvalue weighted by atomic mass is 10.2. The average Bonchev–Trinajstić information content (AvgIpc) is 3.19. The van der Waals surface area contributed by atoms with Crippen LogP contribution in [0.3, 0.4) is 0 Å². The Kier molecular flexibility index (Phi) is 3.78. The van der Waals surface area contributed by atoms with Gasteiger partial charge in [0.25, 0.3) is 5.91 Å². The Hall–Kier alpha value is -1.37. The Balaban J connectivity index is 1.68. The molecule has 104 valence electrons. The van der Waals surface area contributed by atoms with Gasteiger partial charge in [-0.2, -0.15) is 0 Å². The van der Waals surface area contributed by atoms with Crippen molar-refractivity contribution in [1.29, 1.82) is 0 Å². The first-order chi connectivity index (χ1) is 9.65. The number of hydrogen-bond donors (Lipinski definition) is 3. The highest BCUT2D eigenvalue weighted by atomic mass is 35.5. The van der Waals surface area contributed by atoms with E-state index in [4.69, 9.17) is 23.8 Å². The standard InChI is InChI=1S/C13H12ClN3OS2/c14-10-8-3-1-2-4-9(8)20-11(10)12(18)16-17-13(19)15-7-5-6-7/h1-4,7H,5-6H2,(H,16,18)(H2,15,17,19). The fraction of sp³-hybridized carbons (Fsp3) is 0.231. The van der Waals surface area contributed by atoms with Crippen LogP contribution in [-0.2, 0) is 0 Å². The van der Waals surface area contributed by atoms with Gasteiger partial charge < -0.3 is 5.32 Å². The molecule has 3 N–H and O–H groups in total. The fourth-order valence-corrected chi connectivity index (χ4v) is 3.41. The minimum Gasteiger partial charge on any atom is -0.359 e. The third-order valence-corrected chi connectivity index (χ3v) is 4.84. The number of thiocarbonyl (C=S) groups is 1. The summed E-state index contributed by atoms with van der Waals surface area (Å²) in [6, 6.07) is 8.10. The molecule has 1 aliphatic rings. The van der Waals surface area contributed by atoms with Crippen molar-refractivity contribution >= 4 is 56.3 Å². The van der Waals surface area contributed by atoms with Crippen LogP contribution in [0, 0.1) is 0 Å². The normalized spacial score (nSPS) is 14.1. The lowest BCUT2D eigenvalue weighted by Crippen LogP contribution is -2.47. The number of halogens is 1. The van der Waals surface area contributed by atoms with Crippen molar-refractivity contribution in [2.45, 2.75) is 18.9 Å². The zero-order valence-electron chi connectivity index (χ0n) is 10.4. The fourth-order valence-electron chi connectivity index (χ4n) is 1.78. The number of thiophene rings is 1. The Morgan fingerprint density at radius 2 is 2.05 bits per heavy atom. The zero-order valence-corrected chi connectivity index (χ0v) is 12.8. The maximum atomic E-state index is 12.1. The number of carbonyl (C=O) groups excluding carboxylic acids is 1. The number of benzene rings is 1. The second-order valence-corrected chi connectivity index (χ2v) is 6.41. The van der Waals surface area contributed by atoms with Gasteiger partial charge in [-0.3, -0.25) is 15.6 Å². The molecule has 7 heteroatoms. The van der Waals surface area contributed by atoms with Gasteiger partial charge in [0.2, 0.25) is 0 Å². The molecule has 0 bridgehead atoms. The number of amides is 1. The summed E-state index contributed by atoms with van der Waals surface area (Å²) in [5, 5.41) is 4.88. The molecule has 1 aliphatic carbocycles. The molecule has 3 rings (SSSR count). The molecule has 0 atom stereocenters. The molecule has 1 heterocycles. The minimum absolute atomic E-state index is 0.281. The number of rotatable bonds is 2. The second kappa shape index (κ2) is 5.55. The molecule has 2 aromatic rings. The van der Waals surface area contributed by atoms with E-state index in [2.05, 4.69) is 16.2 Å². The first-order valence-electron chi connectivity index (χ1n) is 6.19. The van der Waals surface area contributed by atoms with Gasteiger partial charge in [0.15, 0.2) is 5.11 Å². The summed E-state index contributed by atoms with van der Waals surface area (Å²) >= 11 is 12.7. The molecule has 1 amide bonds. The molecule has 1 fully saturated rings. The number of carbonyl (C=O) groups is 1. The SMILES string of the molecule is O=C(NNC(=S)NC1CC1)c1sc2ccccc2c1Cl. The molecule has 0 spiro atoms. The first-order valence-corrected chi connectivity index (χ1v) is 7.79. The minimum atomic E-state index is -0.281. The third-order valence-electron chi connectivity index (χ3n) is 2.94. The Morgan fingerprint density at radius 3 is 2.75 bits per heavy atom. The van der Waals surface area contributed by atoms with E-state index in [9.17, 15) is 4.79 Å². The summed E-state index contributed by atoms with van der Waals surface area (Å²) in [6.45, 7) is 0. The molecule has 1 aromatic carbocycles. The van der Waals surface area contributed by atoms with E-state index in [0.29, 0.717) is 21.1 Å². The number of fused-ring (bicyclic) bond motifs is 1. The Morgan fingerprint density at radius 1 is 1.30 bits per heavy atom. The average molecular weight is 326 g/mol. The van der Waals surface area contributed by atoms with Crippen LogP contribution in [0.5, 0.6) is 0 Å². The largest absolute Gasteiger partial charge is 0.359 e. The molecule has 1 aromatic heterocycles. The number of hydrazine groups is 1. The summed E-state index contributed by atoms with van der Waals surface area (Å²) in [5.41, 5.74) is 5.26. The maximum Gasteiger partial charge on any atom is 0.281 e. The van der Waals surface area contributed by atoms with Crippen LogP contribution >= 0.6 is 35.2 Å². The van der Waals surface area contributed by atoms with Gasteiger partial charge in [-0.05, 0) is 31.1 Å². The van der Waals surface area contributed by atoms with Gasteiger partial charge in [-0.15, -0.1) is 11.3 Å². The van der Waals surface area contributed by atoms with Crippen LogP contribution < -0.4 is 16.2 Å². The van der Waals surface area contributed by atoms with Crippen LogP contribution in [-0.4, -0.2) is 17.1 Å². The van der Waals surface area contributed by atoms with Crippen LogP contribution in [0.25, 0.3) is 10.1 Å². The van der Waals surface area contributed by atoms with E-state index in [1.165, 1.54) is 11.3 Å². The molecule has 0 unspecified atom stereocenters. The van der Waals surface area contributed by atoms with Crippen molar-refractivity contribution in [1.82, 2.24) is 16.2 Å². The lowest BCUT2D eigenvalue weighted by Gasteiger charge is -2.10.